The molecule has 2 aromatic rings. The lowest BCUT2D eigenvalue weighted by Crippen LogP contribution is -2.54. The van der Waals surface area contributed by atoms with Crippen molar-refractivity contribution in [3.05, 3.63) is 58.9 Å². The highest BCUT2D eigenvalue weighted by molar-refractivity contribution is 5.94. The van der Waals surface area contributed by atoms with Crippen molar-refractivity contribution in [3.8, 4) is 0 Å². The maximum absolute atomic E-state index is 12.1. The zero-order valence-electron chi connectivity index (χ0n) is 28.6. The van der Waals surface area contributed by atoms with Gasteiger partial charge in [-0.3, -0.25) is 14.4 Å². The van der Waals surface area contributed by atoms with Crippen LogP contribution in [0.5, 0.6) is 0 Å². The van der Waals surface area contributed by atoms with Crippen molar-refractivity contribution >= 4 is 72.3 Å². The first-order valence-electron chi connectivity index (χ1n) is 16.1. The Kier molecular flexibility index (Phi) is 19.3. The van der Waals surface area contributed by atoms with Gasteiger partial charge in [0.2, 0.25) is 17.7 Å². The van der Waals surface area contributed by atoms with Crippen LogP contribution in [0.15, 0.2) is 36.7 Å². The van der Waals surface area contributed by atoms with Gasteiger partial charge in [0.25, 0.3) is 0 Å². The summed E-state index contributed by atoms with van der Waals surface area (Å²) in [5.74, 6) is 0.123. The quantitative estimate of drug-likeness (QED) is 0.183. The molecule has 4 aliphatic heterocycles. The summed E-state index contributed by atoms with van der Waals surface area (Å²) >= 11 is 0. The van der Waals surface area contributed by atoms with Gasteiger partial charge in [0.05, 0.1) is 38.6 Å². The highest BCUT2D eigenvalue weighted by atomic mass is 35.5. The summed E-state index contributed by atoms with van der Waals surface area (Å²) in [4.78, 5) is 54.9. The number of rotatable bonds is 12. The fourth-order valence-electron chi connectivity index (χ4n) is 4.87. The summed E-state index contributed by atoms with van der Waals surface area (Å²) in [5.41, 5.74) is 3.51. The van der Waals surface area contributed by atoms with Gasteiger partial charge in [-0.25, -0.2) is 14.8 Å². The second-order valence-corrected chi connectivity index (χ2v) is 11.5. The Bertz CT molecular complexity index is 1520. The van der Waals surface area contributed by atoms with Gasteiger partial charge >= 0.3 is 5.97 Å². The Morgan fingerprint density at radius 2 is 1.27 bits per heavy atom. The molecule has 2 aromatic heterocycles. The van der Waals surface area contributed by atoms with E-state index >= 15 is 0 Å². The molecule has 0 radical (unpaired) electrons. The maximum atomic E-state index is 12.1. The monoisotopic (exact) mass is 752 g/mol. The zero-order chi connectivity index (χ0) is 35.0. The van der Waals surface area contributed by atoms with E-state index in [2.05, 4.69) is 25.9 Å². The zero-order valence-corrected chi connectivity index (χ0v) is 30.3. The lowest BCUT2D eigenvalue weighted by molar-refractivity contribution is -0.140. The molecular formula is C34H46Cl2N6O9. The lowest BCUT2D eigenvalue weighted by Gasteiger charge is -2.38. The van der Waals surface area contributed by atoms with Crippen molar-refractivity contribution < 1.29 is 43.2 Å². The van der Waals surface area contributed by atoms with Crippen LogP contribution in [-0.4, -0.2) is 123 Å². The molecule has 0 bridgehead atoms. The highest BCUT2D eigenvalue weighted by Gasteiger charge is 2.30. The number of aromatic nitrogens is 2. The van der Waals surface area contributed by atoms with Crippen LogP contribution in [-0.2, 0) is 51.0 Å². The second-order valence-electron chi connectivity index (χ2n) is 11.5. The number of halogens is 2. The largest absolute Gasteiger partial charge is 0.478 e. The Morgan fingerprint density at radius 1 is 0.784 bits per heavy atom. The number of methoxy groups -OCH3 is 2. The number of nitrogens with zero attached hydrogens (tertiary/aromatic N) is 3. The molecule has 3 amide bonds. The van der Waals surface area contributed by atoms with Gasteiger partial charge < -0.3 is 44.9 Å². The first kappa shape index (κ1) is 43.2. The van der Waals surface area contributed by atoms with E-state index in [-0.39, 0.29) is 48.6 Å². The molecule has 6 rings (SSSR count). The van der Waals surface area contributed by atoms with Crippen LogP contribution in [0.1, 0.15) is 35.1 Å². The van der Waals surface area contributed by atoms with E-state index in [1.54, 1.807) is 37.5 Å². The van der Waals surface area contributed by atoms with Crippen molar-refractivity contribution in [1.82, 2.24) is 20.2 Å². The number of carbonyl (C=O) groups is 4. The Morgan fingerprint density at radius 3 is 1.73 bits per heavy atom. The number of carbonyl (C=O) groups excluding carboxylic acids is 3. The summed E-state index contributed by atoms with van der Waals surface area (Å²) in [7, 11) is 3.32. The van der Waals surface area contributed by atoms with Crippen molar-refractivity contribution in [1.29, 1.82) is 0 Å². The first-order valence-corrected chi connectivity index (χ1v) is 16.1. The van der Waals surface area contributed by atoms with E-state index in [4.69, 9.17) is 24.1 Å². The SMILES string of the molecule is COCCOC1CN(C(=O)/C=C/c2cnc3c(c2)CCC(=O)N3)C1.COCCOC1CNC1.Cl.Cl.O=C(O)/C=C/c1cnc2c(c1)CCC(=O)N2. The third kappa shape index (κ3) is 14.7. The summed E-state index contributed by atoms with van der Waals surface area (Å²) < 4.78 is 20.6. The number of fused-ring (bicyclic) bond motifs is 2. The summed E-state index contributed by atoms with van der Waals surface area (Å²) in [6.45, 7) is 5.78. The van der Waals surface area contributed by atoms with Gasteiger partial charge in [-0.2, -0.15) is 0 Å². The number of amides is 3. The molecule has 2 saturated heterocycles. The minimum absolute atomic E-state index is 0. The van der Waals surface area contributed by atoms with E-state index in [0.717, 1.165) is 48.0 Å². The van der Waals surface area contributed by atoms with Crippen LogP contribution in [0.3, 0.4) is 0 Å². The summed E-state index contributed by atoms with van der Waals surface area (Å²) in [6, 6.07) is 3.79. The summed E-state index contributed by atoms with van der Waals surface area (Å²) in [6.07, 6.45) is 11.8. The minimum Gasteiger partial charge on any atom is -0.478 e. The van der Waals surface area contributed by atoms with Crippen LogP contribution in [0.4, 0.5) is 11.6 Å². The number of aryl methyl sites for hydroxylation is 2. The average molecular weight is 754 g/mol. The van der Waals surface area contributed by atoms with Crippen molar-refractivity contribution in [3.63, 3.8) is 0 Å². The Labute approximate surface area is 309 Å². The van der Waals surface area contributed by atoms with Gasteiger partial charge in [-0.05, 0) is 59.4 Å². The van der Waals surface area contributed by atoms with Gasteiger partial charge in [0.1, 0.15) is 11.6 Å². The normalized spacial score (nSPS) is 16.3. The maximum Gasteiger partial charge on any atom is 0.328 e. The number of pyridine rings is 2. The molecule has 51 heavy (non-hydrogen) atoms. The van der Waals surface area contributed by atoms with E-state index in [1.807, 2.05) is 12.1 Å². The Hall–Kier alpha value is -3.96. The van der Waals surface area contributed by atoms with Crippen LogP contribution < -0.4 is 16.0 Å². The molecule has 0 aliphatic carbocycles. The molecule has 6 heterocycles. The molecule has 15 nitrogen and oxygen atoms in total. The molecule has 2 fully saturated rings. The van der Waals surface area contributed by atoms with E-state index < -0.39 is 5.97 Å². The smallest absolute Gasteiger partial charge is 0.328 e. The topological polar surface area (TPSA) is 191 Å². The molecule has 280 valence electrons. The molecular weight excluding hydrogens is 707 g/mol. The van der Waals surface area contributed by atoms with Gasteiger partial charge in [0, 0.05) is 77.8 Å². The van der Waals surface area contributed by atoms with Crippen molar-refractivity contribution in [2.75, 3.05) is 77.5 Å². The predicted octanol–water partition coefficient (Wildman–Crippen LogP) is 2.38. The number of nitrogens with one attached hydrogen (secondary N) is 3. The standard InChI is InChI=1S/C17H21N3O4.C11H10N2O3.C6H13NO2.2ClH/c1-23-6-7-24-14-10-20(11-14)16(22)5-2-12-8-13-3-4-15(21)19-17(13)18-9-12;14-9-3-2-8-5-7(1-4-10(15)16)6-12-11(8)13-9;1-8-2-3-9-6-4-7-5-6;;/h2,5,8-9,14H,3-4,6-7,10-11H2,1H3,(H,18,19,21);1,4-6H,2-3H2,(H,15,16)(H,12,13,14);6-7H,2-5H2,1H3;2*1H/b5-2+;4-1+;;;. The predicted molar refractivity (Wildman–Crippen MR) is 195 cm³/mol. The van der Waals surface area contributed by atoms with Crippen LogP contribution in [0.25, 0.3) is 12.2 Å². The molecule has 0 aromatic carbocycles. The number of carboxylic acids is 1. The highest BCUT2D eigenvalue weighted by Crippen LogP contribution is 2.22. The van der Waals surface area contributed by atoms with Gasteiger partial charge in [-0.15, -0.1) is 24.8 Å². The molecule has 4 aliphatic rings. The fraction of sp³-hybridized carbons (Fsp3) is 0.471. The number of ether oxygens (including phenoxy) is 4. The molecule has 0 unspecified atom stereocenters. The lowest BCUT2D eigenvalue weighted by atomic mass is 10.0. The fourth-order valence-corrected chi connectivity index (χ4v) is 4.87. The number of aliphatic carboxylic acids is 1. The molecule has 0 saturated carbocycles. The van der Waals surface area contributed by atoms with Crippen LogP contribution >= 0.6 is 24.8 Å². The minimum atomic E-state index is -0.994. The summed E-state index contributed by atoms with van der Waals surface area (Å²) in [5, 5.41) is 17.0. The Balaban J connectivity index is 0.000000288. The number of likely N-dealkylation sites (tertiary alicyclic amines) is 1. The molecule has 0 spiro atoms. The van der Waals surface area contributed by atoms with Crippen molar-refractivity contribution in [2.24, 2.45) is 0 Å². The van der Waals surface area contributed by atoms with Gasteiger partial charge in [0.15, 0.2) is 0 Å². The third-order valence-corrected chi connectivity index (χ3v) is 7.76. The first-order chi connectivity index (χ1) is 23.7. The van der Waals surface area contributed by atoms with Crippen LogP contribution in [0.2, 0.25) is 0 Å². The van der Waals surface area contributed by atoms with E-state index in [9.17, 15) is 19.2 Å². The third-order valence-electron chi connectivity index (χ3n) is 7.76. The van der Waals surface area contributed by atoms with Crippen molar-refractivity contribution in [2.45, 2.75) is 37.9 Å². The molecule has 0 atom stereocenters. The second kappa shape index (κ2) is 22.8. The van der Waals surface area contributed by atoms with E-state index in [0.29, 0.717) is 76.3 Å². The van der Waals surface area contributed by atoms with Gasteiger partial charge in [-0.1, -0.05) is 0 Å². The average Bonchev–Trinajstić information content (AvgIpc) is 3.05. The molecule has 4 N–H and O–H groups in total. The van der Waals surface area contributed by atoms with Crippen LogP contribution in [0, 0.1) is 0 Å². The van der Waals surface area contributed by atoms with E-state index in [1.165, 1.54) is 12.3 Å². The molecule has 17 heteroatoms. The number of hydrogen-bond donors (Lipinski definition) is 4. The number of carboxylic acid groups (broad SMARTS) is 1. The number of hydrogen-bond acceptors (Lipinski definition) is 11. The number of anilines is 2.